The molecule has 1 aliphatic rings. The van der Waals surface area contributed by atoms with Crippen LogP contribution in [0.1, 0.15) is 38.8 Å². The minimum atomic E-state index is -3.17. The number of aromatic nitrogens is 1. The molecule has 194 valence electrons. The molecule has 0 unspecified atom stereocenters. The second-order valence-corrected chi connectivity index (χ2v) is 11.1. The lowest BCUT2D eigenvalue weighted by molar-refractivity contribution is 0.0951. The van der Waals surface area contributed by atoms with E-state index in [0.29, 0.717) is 56.1 Å². The first-order valence-electron chi connectivity index (χ1n) is 12.2. The van der Waals surface area contributed by atoms with Gasteiger partial charge in [0.2, 0.25) is 10.0 Å². The van der Waals surface area contributed by atoms with Crippen LogP contribution in [0.4, 0.5) is 5.69 Å². The molecule has 9 nitrogen and oxygen atoms in total. The van der Waals surface area contributed by atoms with Crippen LogP contribution in [-0.4, -0.2) is 66.4 Å². The average Bonchev–Trinajstić information content (AvgIpc) is 2.93. The van der Waals surface area contributed by atoms with E-state index in [1.165, 1.54) is 4.31 Å². The lowest BCUT2D eigenvalue weighted by Crippen LogP contribution is -2.48. The van der Waals surface area contributed by atoms with E-state index in [0.717, 1.165) is 11.1 Å². The van der Waals surface area contributed by atoms with Gasteiger partial charge in [-0.15, -0.1) is 0 Å². The van der Waals surface area contributed by atoms with Gasteiger partial charge >= 0.3 is 0 Å². The van der Waals surface area contributed by atoms with E-state index in [4.69, 9.17) is 0 Å². The number of carbonyl (C=O) groups is 2. The van der Waals surface area contributed by atoms with E-state index in [-0.39, 0.29) is 17.6 Å². The number of nitrogens with one attached hydrogen (secondary N) is 2. The Bertz CT molecular complexity index is 1340. The maximum atomic E-state index is 13.1. The van der Waals surface area contributed by atoms with Crippen LogP contribution in [0.5, 0.6) is 0 Å². The molecule has 1 aromatic heterocycles. The third-order valence-corrected chi connectivity index (χ3v) is 8.16. The van der Waals surface area contributed by atoms with Crippen LogP contribution in [0, 0.1) is 0 Å². The summed E-state index contributed by atoms with van der Waals surface area (Å²) in [6, 6.07) is 17.9. The number of anilines is 1. The molecule has 4 rings (SSSR count). The van der Waals surface area contributed by atoms with Gasteiger partial charge in [0.25, 0.3) is 11.8 Å². The molecule has 2 N–H and O–H groups in total. The molecule has 0 radical (unpaired) electrons. The molecule has 1 fully saturated rings. The summed E-state index contributed by atoms with van der Waals surface area (Å²) in [5, 5.41) is 5.73. The first kappa shape index (κ1) is 26.5. The molecule has 37 heavy (non-hydrogen) atoms. The average molecular weight is 522 g/mol. The number of rotatable bonds is 9. The summed E-state index contributed by atoms with van der Waals surface area (Å²) in [7, 11) is -3.17. The van der Waals surface area contributed by atoms with Crippen LogP contribution in [-0.2, 0) is 23.1 Å². The molecule has 0 bridgehead atoms. The summed E-state index contributed by atoms with van der Waals surface area (Å²) in [5.41, 5.74) is 3.12. The van der Waals surface area contributed by atoms with Crippen molar-refractivity contribution in [3.63, 3.8) is 0 Å². The predicted octanol–water partition coefficient (Wildman–Crippen LogP) is 2.73. The standard InChI is InChI=1S/C27H31N5O4S/c1-2-37(35,36)32-15-13-31(14-16-32)20-21-7-5-9-23(17-21)26(33)30-25-11-4-3-10-24(25)27(34)29-19-22-8-6-12-28-18-22/h3-12,17-18H,2,13-16,19-20H2,1H3,(H,29,34)(H,30,33). The zero-order valence-corrected chi connectivity index (χ0v) is 21.6. The number of piperazine rings is 1. The van der Waals surface area contributed by atoms with Gasteiger partial charge in [-0.25, -0.2) is 8.42 Å². The molecule has 2 aromatic carbocycles. The number of hydrogen-bond acceptors (Lipinski definition) is 6. The highest BCUT2D eigenvalue weighted by Gasteiger charge is 2.25. The Morgan fingerprint density at radius 1 is 0.919 bits per heavy atom. The van der Waals surface area contributed by atoms with Gasteiger partial charge in [-0.05, 0) is 48.4 Å². The zero-order valence-electron chi connectivity index (χ0n) is 20.8. The topological polar surface area (TPSA) is 112 Å². The van der Waals surface area contributed by atoms with Crippen molar-refractivity contribution in [2.75, 3.05) is 37.2 Å². The lowest BCUT2D eigenvalue weighted by atomic mass is 10.1. The third kappa shape index (κ3) is 7.00. The number of carbonyl (C=O) groups excluding carboxylic acids is 2. The van der Waals surface area contributed by atoms with Crippen LogP contribution in [0.25, 0.3) is 0 Å². The normalized spacial score (nSPS) is 14.7. The van der Waals surface area contributed by atoms with Gasteiger partial charge in [-0.1, -0.05) is 30.3 Å². The second-order valence-electron chi connectivity index (χ2n) is 8.82. The Hall–Kier alpha value is -3.60. The molecule has 2 amide bonds. The molecule has 0 saturated carbocycles. The van der Waals surface area contributed by atoms with Crippen molar-refractivity contribution < 1.29 is 18.0 Å². The van der Waals surface area contributed by atoms with Crippen molar-refractivity contribution in [2.45, 2.75) is 20.0 Å². The Balaban J connectivity index is 1.37. The highest BCUT2D eigenvalue weighted by molar-refractivity contribution is 7.89. The summed E-state index contributed by atoms with van der Waals surface area (Å²) in [5.74, 6) is -0.495. The zero-order chi connectivity index (χ0) is 26.3. The number of hydrogen-bond donors (Lipinski definition) is 2. The molecular formula is C27H31N5O4S. The Morgan fingerprint density at radius 2 is 1.68 bits per heavy atom. The number of benzene rings is 2. The second kappa shape index (κ2) is 12.1. The highest BCUT2D eigenvalue weighted by Crippen LogP contribution is 2.18. The quantitative estimate of drug-likeness (QED) is 0.448. The smallest absolute Gasteiger partial charge is 0.255 e. The number of nitrogens with zero attached hydrogens (tertiary/aromatic N) is 3. The molecule has 2 heterocycles. The van der Waals surface area contributed by atoms with E-state index in [2.05, 4.69) is 20.5 Å². The minimum Gasteiger partial charge on any atom is -0.348 e. The van der Waals surface area contributed by atoms with Crippen molar-refractivity contribution in [1.29, 1.82) is 0 Å². The maximum absolute atomic E-state index is 13.1. The number of sulfonamides is 1. The van der Waals surface area contributed by atoms with Gasteiger partial charge in [0, 0.05) is 57.2 Å². The van der Waals surface area contributed by atoms with Crippen molar-refractivity contribution >= 4 is 27.5 Å². The largest absolute Gasteiger partial charge is 0.348 e. The lowest BCUT2D eigenvalue weighted by Gasteiger charge is -2.33. The predicted molar refractivity (Wildman–Crippen MR) is 143 cm³/mol. The molecule has 1 aliphatic heterocycles. The Kier molecular flexibility index (Phi) is 8.65. The summed E-state index contributed by atoms with van der Waals surface area (Å²) in [6.07, 6.45) is 3.36. The van der Waals surface area contributed by atoms with E-state index >= 15 is 0 Å². The molecule has 0 atom stereocenters. The first-order chi connectivity index (χ1) is 17.9. The van der Waals surface area contributed by atoms with Gasteiger partial charge in [0.1, 0.15) is 0 Å². The monoisotopic (exact) mass is 521 g/mol. The van der Waals surface area contributed by atoms with Crippen molar-refractivity contribution in [2.24, 2.45) is 0 Å². The maximum Gasteiger partial charge on any atom is 0.255 e. The molecule has 0 aliphatic carbocycles. The Morgan fingerprint density at radius 3 is 2.41 bits per heavy atom. The fourth-order valence-electron chi connectivity index (χ4n) is 4.18. The summed E-state index contributed by atoms with van der Waals surface area (Å²) < 4.78 is 25.7. The number of pyridine rings is 1. The van der Waals surface area contributed by atoms with Crippen LogP contribution >= 0.6 is 0 Å². The van der Waals surface area contributed by atoms with Crippen molar-refractivity contribution in [3.05, 3.63) is 95.3 Å². The minimum absolute atomic E-state index is 0.111. The van der Waals surface area contributed by atoms with Crippen LogP contribution in [0.3, 0.4) is 0 Å². The van der Waals surface area contributed by atoms with E-state index in [1.807, 2.05) is 24.3 Å². The number of amides is 2. The van der Waals surface area contributed by atoms with Crippen molar-refractivity contribution in [1.82, 2.24) is 19.5 Å². The Labute approximate surface area is 217 Å². The van der Waals surface area contributed by atoms with Gasteiger partial charge < -0.3 is 10.6 Å². The van der Waals surface area contributed by atoms with E-state index in [1.54, 1.807) is 55.7 Å². The summed E-state index contributed by atoms with van der Waals surface area (Å²) in [6.45, 7) is 4.82. The number of para-hydroxylation sites is 1. The van der Waals surface area contributed by atoms with Gasteiger partial charge in [0.05, 0.1) is 17.0 Å². The fraction of sp³-hybridized carbons (Fsp3) is 0.296. The molecular weight excluding hydrogens is 490 g/mol. The van der Waals surface area contributed by atoms with Gasteiger partial charge in [-0.3, -0.25) is 19.5 Å². The summed E-state index contributed by atoms with van der Waals surface area (Å²) >= 11 is 0. The summed E-state index contributed by atoms with van der Waals surface area (Å²) in [4.78, 5) is 32.1. The SMILES string of the molecule is CCS(=O)(=O)N1CCN(Cc2cccc(C(=O)Nc3ccccc3C(=O)NCc3cccnc3)c2)CC1. The molecule has 1 saturated heterocycles. The first-order valence-corrected chi connectivity index (χ1v) is 13.8. The van der Waals surface area contributed by atoms with Crippen LogP contribution < -0.4 is 10.6 Å². The molecule has 10 heteroatoms. The molecule has 3 aromatic rings. The van der Waals surface area contributed by atoms with Crippen LogP contribution in [0.15, 0.2) is 73.1 Å². The van der Waals surface area contributed by atoms with Crippen LogP contribution in [0.2, 0.25) is 0 Å². The van der Waals surface area contributed by atoms with E-state index in [9.17, 15) is 18.0 Å². The third-order valence-electron chi connectivity index (χ3n) is 6.28. The van der Waals surface area contributed by atoms with Gasteiger partial charge in [-0.2, -0.15) is 4.31 Å². The van der Waals surface area contributed by atoms with E-state index < -0.39 is 10.0 Å². The highest BCUT2D eigenvalue weighted by atomic mass is 32.2. The fourth-order valence-corrected chi connectivity index (χ4v) is 5.27. The van der Waals surface area contributed by atoms with Crippen molar-refractivity contribution in [3.8, 4) is 0 Å². The van der Waals surface area contributed by atoms with Gasteiger partial charge in [0.15, 0.2) is 0 Å². The molecule has 0 spiro atoms.